The van der Waals surface area contributed by atoms with Crippen molar-refractivity contribution >= 4 is 49.5 Å². The lowest BCUT2D eigenvalue weighted by molar-refractivity contribution is -0.119. The van der Waals surface area contributed by atoms with E-state index in [1.165, 1.54) is 23.5 Å². The third-order valence-corrected chi connectivity index (χ3v) is 5.71. The van der Waals surface area contributed by atoms with Crippen molar-refractivity contribution in [3.8, 4) is 0 Å². The van der Waals surface area contributed by atoms with Gasteiger partial charge in [0, 0.05) is 17.3 Å². The molecular formula is C18H16FN3O3S. The van der Waals surface area contributed by atoms with Gasteiger partial charge in [-0.15, -0.1) is 0 Å². The van der Waals surface area contributed by atoms with E-state index >= 15 is 0 Å². The second kappa shape index (κ2) is 6.53. The van der Waals surface area contributed by atoms with E-state index in [1.54, 1.807) is 6.07 Å². The zero-order chi connectivity index (χ0) is 18.3. The average molecular weight is 373 g/mol. The summed E-state index contributed by atoms with van der Waals surface area (Å²) in [5.41, 5.74) is 0.751. The van der Waals surface area contributed by atoms with E-state index in [2.05, 4.69) is 15.6 Å². The molecule has 2 amide bonds. The van der Waals surface area contributed by atoms with E-state index in [0.29, 0.717) is 24.4 Å². The van der Waals surface area contributed by atoms with E-state index in [-0.39, 0.29) is 23.7 Å². The summed E-state index contributed by atoms with van der Waals surface area (Å²) < 4.78 is 14.3. The van der Waals surface area contributed by atoms with Crippen molar-refractivity contribution in [3.05, 3.63) is 36.1 Å². The van der Waals surface area contributed by atoms with Crippen molar-refractivity contribution < 1.29 is 19.1 Å². The van der Waals surface area contributed by atoms with Gasteiger partial charge in [-0.1, -0.05) is 17.4 Å². The summed E-state index contributed by atoms with van der Waals surface area (Å²) in [7, 11) is 0. The number of thiazole rings is 1. The van der Waals surface area contributed by atoms with Crippen LogP contribution in [0.15, 0.2) is 30.3 Å². The maximum atomic E-state index is 13.4. The molecule has 1 aliphatic carbocycles. The van der Waals surface area contributed by atoms with Crippen LogP contribution in [0.2, 0.25) is 0 Å². The van der Waals surface area contributed by atoms with Crippen LogP contribution in [-0.4, -0.2) is 28.1 Å². The van der Waals surface area contributed by atoms with Gasteiger partial charge < -0.3 is 15.7 Å². The number of anilines is 1. The molecular weight excluding hydrogens is 357 g/mol. The molecule has 2 aromatic carbocycles. The summed E-state index contributed by atoms with van der Waals surface area (Å²) in [5.74, 6) is -0.667. The smallest absolute Gasteiger partial charge is 0.404 e. The molecule has 0 spiro atoms. The SMILES string of the molecule is O=C(O)N[C@@H]1CC[C@H](C(=O)Nc2nc3ccc4cc(F)ccc4c3s2)C1. The summed E-state index contributed by atoms with van der Waals surface area (Å²) in [6.07, 6.45) is 0.723. The van der Waals surface area contributed by atoms with Gasteiger partial charge in [-0.3, -0.25) is 4.79 Å². The Hall–Kier alpha value is -2.74. The molecule has 1 heterocycles. The number of aromatic nitrogens is 1. The molecule has 0 saturated heterocycles. The molecule has 2 atom stereocenters. The normalized spacial score (nSPS) is 19.7. The summed E-state index contributed by atoms with van der Waals surface area (Å²) in [6, 6.07) is 8.04. The van der Waals surface area contributed by atoms with Gasteiger partial charge in [-0.25, -0.2) is 14.2 Å². The second-order valence-electron chi connectivity index (χ2n) is 6.44. The lowest BCUT2D eigenvalue weighted by atomic mass is 10.1. The predicted octanol–water partition coefficient (Wildman–Crippen LogP) is 3.96. The lowest BCUT2D eigenvalue weighted by Gasteiger charge is -2.10. The molecule has 4 rings (SSSR count). The summed E-state index contributed by atoms with van der Waals surface area (Å²) >= 11 is 1.36. The zero-order valence-corrected chi connectivity index (χ0v) is 14.5. The Balaban J connectivity index is 1.53. The molecule has 1 saturated carbocycles. The molecule has 1 fully saturated rings. The molecule has 3 aromatic rings. The fourth-order valence-corrected chi connectivity index (χ4v) is 4.47. The van der Waals surface area contributed by atoms with Gasteiger partial charge in [0.1, 0.15) is 5.82 Å². The Morgan fingerprint density at radius 3 is 2.88 bits per heavy atom. The number of carbonyl (C=O) groups is 2. The van der Waals surface area contributed by atoms with Crippen LogP contribution >= 0.6 is 11.3 Å². The van der Waals surface area contributed by atoms with Gasteiger partial charge >= 0.3 is 6.09 Å². The number of nitrogens with one attached hydrogen (secondary N) is 2. The molecule has 8 heteroatoms. The van der Waals surface area contributed by atoms with Crippen molar-refractivity contribution in [2.75, 3.05) is 5.32 Å². The number of amides is 2. The minimum atomic E-state index is -1.06. The molecule has 1 aliphatic rings. The van der Waals surface area contributed by atoms with Crippen molar-refractivity contribution in [3.63, 3.8) is 0 Å². The van der Waals surface area contributed by atoms with Crippen LogP contribution in [0, 0.1) is 11.7 Å². The van der Waals surface area contributed by atoms with Gasteiger partial charge in [0.25, 0.3) is 0 Å². The largest absolute Gasteiger partial charge is 0.465 e. The Morgan fingerprint density at radius 2 is 2.08 bits per heavy atom. The lowest BCUT2D eigenvalue weighted by Crippen LogP contribution is -2.32. The first-order chi connectivity index (χ1) is 12.5. The topological polar surface area (TPSA) is 91.3 Å². The fraction of sp³-hybridized carbons (Fsp3) is 0.278. The molecule has 0 bridgehead atoms. The Kier molecular flexibility index (Phi) is 4.20. The first-order valence-corrected chi connectivity index (χ1v) is 9.10. The number of nitrogens with zero attached hydrogens (tertiary/aromatic N) is 1. The average Bonchev–Trinajstić information content (AvgIpc) is 3.20. The summed E-state index contributed by atoms with van der Waals surface area (Å²) in [4.78, 5) is 27.6. The van der Waals surface area contributed by atoms with Gasteiger partial charge in [0.2, 0.25) is 5.91 Å². The summed E-state index contributed by atoms with van der Waals surface area (Å²) in [6.45, 7) is 0. The van der Waals surface area contributed by atoms with E-state index in [9.17, 15) is 14.0 Å². The Bertz CT molecular complexity index is 1020. The van der Waals surface area contributed by atoms with Crippen LogP contribution < -0.4 is 10.6 Å². The van der Waals surface area contributed by atoms with Crippen LogP contribution in [0.4, 0.5) is 14.3 Å². The highest BCUT2D eigenvalue weighted by Gasteiger charge is 2.31. The van der Waals surface area contributed by atoms with Crippen molar-refractivity contribution in [1.29, 1.82) is 0 Å². The van der Waals surface area contributed by atoms with Crippen molar-refractivity contribution in [1.82, 2.24) is 10.3 Å². The number of halogens is 1. The van der Waals surface area contributed by atoms with Crippen LogP contribution in [0.3, 0.4) is 0 Å². The maximum absolute atomic E-state index is 13.4. The van der Waals surface area contributed by atoms with Crippen LogP contribution in [-0.2, 0) is 4.79 Å². The third kappa shape index (κ3) is 3.20. The van der Waals surface area contributed by atoms with Crippen molar-refractivity contribution in [2.45, 2.75) is 25.3 Å². The molecule has 0 radical (unpaired) electrons. The Morgan fingerprint density at radius 1 is 1.23 bits per heavy atom. The van der Waals surface area contributed by atoms with E-state index in [1.807, 2.05) is 12.1 Å². The summed E-state index contributed by atoms with van der Waals surface area (Å²) in [5, 5.41) is 16.2. The molecule has 0 aliphatic heterocycles. The first kappa shape index (κ1) is 16.7. The number of carbonyl (C=O) groups excluding carboxylic acids is 1. The minimum absolute atomic E-state index is 0.144. The molecule has 3 N–H and O–H groups in total. The first-order valence-electron chi connectivity index (χ1n) is 8.29. The van der Waals surface area contributed by atoms with Crippen LogP contribution in [0.25, 0.3) is 21.0 Å². The molecule has 134 valence electrons. The monoisotopic (exact) mass is 373 g/mol. The van der Waals surface area contributed by atoms with Crippen LogP contribution in [0.1, 0.15) is 19.3 Å². The van der Waals surface area contributed by atoms with Gasteiger partial charge in [-0.05, 0) is 48.9 Å². The van der Waals surface area contributed by atoms with Crippen LogP contribution in [0.5, 0.6) is 0 Å². The number of rotatable bonds is 3. The van der Waals surface area contributed by atoms with Gasteiger partial charge in [-0.2, -0.15) is 0 Å². The third-order valence-electron chi connectivity index (χ3n) is 4.69. The number of fused-ring (bicyclic) bond motifs is 3. The minimum Gasteiger partial charge on any atom is -0.465 e. The highest BCUT2D eigenvalue weighted by atomic mass is 32.1. The second-order valence-corrected chi connectivity index (χ2v) is 7.44. The molecule has 1 aromatic heterocycles. The standard InChI is InChI=1S/C18H16FN3O3S/c19-11-3-5-13-9(7-11)2-6-14-15(13)26-17(21-14)22-16(23)10-1-4-12(8-10)20-18(24)25/h2-3,5-7,10,12,20H,1,4,8H2,(H,24,25)(H,21,22,23)/t10-,12+/m0/s1. The zero-order valence-electron chi connectivity index (χ0n) is 13.7. The van der Waals surface area contributed by atoms with Gasteiger partial charge in [0.05, 0.1) is 10.2 Å². The highest BCUT2D eigenvalue weighted by molar-refractivity contribution is 7.23. The number of hydrogen-bond donors (Lipinski definition) is 3. The van der Waals surface area contributed by atoms with Crippen molar-refractivity contribution in [2.24, 2.45) is 5.92 Å². The maximum Gasteiger partial charge on any atom is 0.404 e. The van der Waals surface area contributed by atoms with E-state index < -0.39 is 6.09 Å². The molecule has 0 unspecified atom stereocenters. The van der Waals surface area contributed by atoms with Gasteiger partial charge in [0.15, 0.2) is 5.13 Å². The quantitative estimate of drug-likeness (QED) is 0.648. The number of benzene rings is 2. The van der Waals surface area contributed by atoms with E-state index in [0.717, 1.165) is 21.0 Å². The fourth-order valence-electron chi connectivity index (χ4n) is 3.47. The number of hydrogen-bond acceptors (Lipinski definition) is 4. The molecule has 6 nitrogen and oxygen atoms in total. The Labute approximate surface area is 152 Å². The predicted molar refractivity (Wildman–Crippen MR) is 98.0 cm³/mol. The number of carboxylic acid groups (broad SMARTS) is 1. The highest BCUT2D eigenvalue weighted by Crippen LogP contribution is 2.34. The van der Waals surface area contributed by atoms with E-state index in [4.69, 9.17) is 5.11 Å². The molecule has 26 heavy (non-hydrogen) atoms.